The lowest BCUT2D eigenvalue weighted by atomic mass is 9.92. The second kappa shape index (κ2) is 9.27. The van der Waals surface area contributed by atoms with E-state index in [0.29, 0.717) is 6.04 Å². The molecule has 146 valence electrons. The molecule has 27 heavy (non-hydrogen) atoms. The minimum atomic E-state index is 0.0627. The first kappa shape index (κ1) is 19.7. The van der Waals surface area contributed by atoms with Gasteiger partial charge in [-0.3, -0.25) is 4.99 Å². The van der Waals surface area contributed by atoms with Gasteiger partial charge in [-0.1, -0.05) is 38.1 Å². The number of aliphatic imine (C=N–C) groups is 1. The van der Waals surface area contributed by atoms with E-state index in [1.54, 1.807) is 0 Å². The minimum absolute atomic E-state index is 0.0627. The number of thiophene rings is 1. The van der Waals surface area contributed by atoms with Gasteiger partial charge in [-0.2, -0.15) is 0 Å². The first-order chi connectivity index (χ1) is 13.1. The lowest BCUT2D eigenvalue weighted by Crippen LogP contribution is -2.49. The smallest absolute Gasteiger partial charge is 0.191 e. The third-order valence-corrected chi connectivity index (χ3v) is 6.36. The van der Waals surface area contributed by atoms with Gasteiger partial charge in [0.15, 0.2) is 5.96 Å². The van der Waals surface area contributed by atoms with Gasteiger partial charge < -0.3 is 15.5 Å². The van der Waals surface area contributed by atoms with E-state index in [-0.39, 0.29) is 5.41 Å². The predicted octanol–water partition coefficient (Wildman–Crippen LogP) is 4.25. The molecule has 1 fully saturated rings. The zero-order valence-corrected chi connectivity index (χ0v) is 17.6. The summed E-state index contributed by atoms with van der Waals surface area (Å²) < 4.78 is 0. The third kappa shape index (κ3) is 5.48. The van der Waals surface area contributed by atoms with Gasteiger partial charge in [0.1, 0.15) is 0 Å². The summed E-state index contributed by atoms with van der Waals surface area (Å²) in [6.07, 6.45) is 2.27. The molecule has 1 saturated heterocycles. The number of hydrogen-bond acceptors (Lipinski definition) is 3. The van der Waals surface area contributed by atoms with E-state index in [1.807, 2.05) is 11.3 Å². The fourth-order valence-corrected chi connectivity index (χ4v) is 4.30. The fourth-order valence-electron chi connectivity index (χ4n) is 3.45. The van der Waals surface area contributed by atoms with E-state index in [9.17, 15) is 0 Å². The lowest BCUT2D eigenvalue weighted by molar-refractivity contribution is 0.459. The maximum absolute atomic E-state index is 4.90. The zero-order valence-electron chi connectivity index (χ0n) is 16.7. The second-order valence-electron chi connectivity index (χ2n) is 7.80. The summed E-state index contributed by atoms with van der Waals surface area (Å²) in [7, 11) is 0. The first-order valence-corrected chi connectivity index (χ1v) is 10.9. The van der Waals surface area contributed by atoms with Crippen molar-refractivity contribution in [3.63, 3.8) is 0 Å². The third-order valence-electron chi connectivity index (χ3n) is 5.12. The lowest BCUT2D eigenvalue weighted by Gasteiger charge is -2.34. The van der Waals surface area contributed by atoms with Gasteiger partial charge in [0.2, 0.25) is 0 Å². The molecule has 1 aromatic carbocycles. The van der Waals surface area contributed by atoms with Crippen LogP contribution in [-0.4, -0.2) is 38.2 Å². The van der Waals surface area contributed by atoms with E-state index in [1.165, 1.54) is 10.6 Å². The predicted molar refractivity (Wildman–Crippen MR) is 118 cm³/mol. The van der Waals surface area contributed by atoms with Crippen LogP contribution >= 0.6 is 11.3 Å². The van der Waals surface area contributed by atoms with Crippen LogP contribution in [0.25, 0.3) is 0 Å². The summed E-state index contributed by atoms with van der Waals surface area (Å²) in [6.45, 7) is 10.5. The second-order valence-corrected chi connectivity index (χ2v) is 8.75. The van der Waals surface area contributed by atoms with Crippen LogP contribution in [0.4, 0.5) is 5.69 Å². The number of rotatable bonds is 6. The van der Waals surface area contributed by atoms with Gasteiger partial charge in [0.25, 0.3) is 0 Å². The Labute approximate surface area is 167 Å². The molecule has 4 nitrogen and oxygen atoms in total. The standard InChI is InChI=1S/C22H32N4S/c1-4-23-21(24-17-22(2,3)20-11-8-16-27-20)25-18-12-14-26(15-13-18)19-9-6-5-7-10-19/h5-11,16,18H,4,12-15,17H2,1-3H3,(H2,23,24,25). The number of guanidine groups is 1. The van der Waals surface area contributed by atoms with Crippen molar-refractivity contribution in [3.05, 3.63) is 52.7 Å². The van der Waals surface area contributed by atoms with Crippen molar-refractivity contribution in [2.45, 2.75) is 45.1 Å². The highest BCUT2D eigenvalue weighted by atomic mass is 32.1. The Morgan fingerprint density at radius 3 is 2.52 bits per heavy atom. The van der Waals surface area contributed by atoms with Crippen LogP contribution in [0.2, 0.25) is 0 Å². The molecule has 0 atom stereocenters. The number of nitrogens with zero attached hydrogens (tertiary/aromatic N) is 2. The number of benzene rings is 1. The van der Waals surface area contributed by atoms with Crippen LogP contribution < -0.4 is 15.5 Å². The largest absolute Gasteiger partial charge is 0.371 e. The van der Waals surface area contributed by atoms with Gasteiger partial charge in [-0.05, 0) is 43.3 Å². The Hall–Kier alpha value is -2.01. The molecule has 3 rings (SSSR count). The zero-order chi connectivity index (χ0) is 19.1. The first-order valence-electron chi connectivity index (χ1n) is 9.97. The summed E-state index contributed by atoms with van der Waals surface area (Å²) in [5, 5.41) is 9.23. The fraction of sp³-hybridized carbons (Fsp3) is 0.500. The van der Waals surface area contributed by atoms with Crippen molar-refractivity contribution in [2.24, 2.45) is 4.99 Å². The number of nitrogens with one attached hydrogen (secondary N) is 2. The average molecular weight is 385 g/mol. The Balaban J connectivity index is 1.55. The van der Waals surface area contributed by atoms with Crippen LogP contribution in [0.15, 0.2) is 52.8 Å². The molecule has 0 bridgehead atoms. The molecule has 0 unspecified atom stereocenters. The summed E-state index contributed by atoms with van der Waals surface area (Å²) in [5.74, 6) is 0.945. The summed E-state index contributed by atoms with van der Waals surface area (Å²) in [5.41, 5.74) is 1.39. The van der Waals surface area contributed by atoms with E-state index in [4.69, 9.17) is 4.99 Å². The monoisotopic (exact) mass is 384 g/mol. The molecule has 0 spiro atoms. The summed E-state index contributed by atoms with van der Waals surface area (Å²) >= 11 is 1.81. The molecule has 5 heteroatoms. The van der Waals surface area contributed by atoms with E-state index in [2.05, 4.69) is 84.1 Å². The molecule has 0 aliphatic carbocycles. The molecule has 2 aromatic rings. The summed E-state index contributed by atoms with van der Waals surface area (Å²) in [6, 6.07) is 15.5. The maximum atomic E-state index is 4.90. The van der Waals surface area contributed by atoms with Crippen molar-refractivity contribution in [2.75, 3.05) is 31.1 Å². The minimum Gasteiger partial charge on any atom is -0.371 e. The normalized spacial score (nSPS) is 16.4. The van der Waals surface area contributed by atoms with E-state index >= 15 is 0 Å². The molecule has 1 aromatic heterocycles. The highest BCUT2D eigenvalue weighted by Crippen LogP contribution is 2.27. The Bertz CT molecular complexity index is 701. The van der Waals surface area contributed by atoms with E-state index < -0.39 is 0 Å². The summed E-state index contributed by atoms with van der Waals surface area (Å²) in [4.78, 5) is 8.76. The van der Waals surface area contributed by atoms with Gasteiger partial charge in [0, 0.05) is 41.7 Å². The van der Waals surface area contributed by atoms with Crippen LogP contribution in [0.3, 0.4) is 0 Å². The van der Waals surface area contributed by atoms with Crippen LogP contribution in [0.1, 0.15) is 38.5 Å². The van der Waals surface area contributed by atoms with E-state index in [0.717, 1.165) is 45.0 Å². The molecular formula is C22H32N4S. The van der Waals surface area contributed by atoms with Crippen molar-refractivity contribution in [3.8, 4) is 0 Å². The highest BCUT2D eigenvalue weighted by Gasteiger charge is 2.23. The van der Waals surface area contributed by atoms with Gasteiger partial charge >= 0.3 is 0 Å². The molecule has 0 amide bonds. The number of anilines is 1. The van der Waals surface area contributed by atoms with Crippen LogP contribution in [-0.2, 0) is 5.41 Å². The molecule has 2 N–H and O–H groups in total. The number of para-hydroxylation sites is 1. The maximum Gasteiger partial charge on any atom is 0.191 e. The molecule has 1 aliphatic heterocycles. The molecule has 0 saturated carbocycles. The number of hydrogen-bond donors (Lipinski definition) is 2. The van der Waals surface area contributed by atoms with Crippen LogP contribution in [0, 0.1) is 0 Å². The SMILES string of the molecule is CCNC(=NCC(C)(C)c1cccs1)NC1CCN(c2ccccc2)CC1. The topological polar surface area (TPSA) is 39.7 Å². The van der Waals surface area contributed by atoms with Crippen molar-refractivity contribution in [1.82, 2.24) is 10.6 Å². The molecule has 1 aliphatic rings. The molecular weight excluding hydrogens is 352 g/mol. The van der Waals surface area contributed by atoms with Crippen LogP contribution in [0.5, 0.6) is 0 Å². The van der Waals surface area contributed by atoms with Gasteiger partial charge in [-0.15, -0.1) is 11.3 Å². The highest BCUT2D eigenvalue weighted by molar-refractivity contribution is 7.10. The van der Waals surface area contributed by atoms with Crippen molar-refractivity contribution in [1.29, 1.82) is 0 Å². The van der Waals surface area contributed by atoms with Crippen molar-refractivity contribution >= 4 is 23.0 Å². The van der Waals surface area contributed by atoms with Gasteiger partial charge in [0.05, 0.1) is 6.54 Å². The number of piperidine rings is 1. The van der Waals surface area contributed by atoms with Crippen molar-refractivity contribution < 1.29 is 0 Å². The molecule has 0 radical (unpaired) electrons. The Kier molecular flexibility index (Phi) is 6.78. The molecule has 2 heterocycles. The quantitative estimate of drug-likeness (QED) is 0.578. The Morgan fingerprint density at radius 1 is 1.15 bits per heavy atom. The Morgan fingerprint density at radius 2 is 1.89 bits per heavy atom. The van der Waals surface area contributed by atoms with Gasteiger partial charge in [-0.25, -0.2) is 0 Å². The average Bonchev–Trinajstić information content (AvgIpc) is 3.24.